The Balaban J connectivity index is 1.55. The molecule has 4 rings (SSSR count). The van der Waals surface area contributed by atoms with Crippen LogP contribution < -0.4 is 10.9 Å². The molecule has 0 atom stereocenters. The number of nitrogens with zero attached hydrogens (tertiary/aromatic N) is 1. The van der Waals surface area contributed by atoms with E-state index in [0.717, 1.165) is 30.2 Å². The first-order valence-corrected chi connectivity index (χ1v) is 12.6. The second kappa shape index (κ2) is 8.76. The number of hydrogen-bond donors (Lipinski definition) is 2. The molecular formula is C25H29N3O4S. The Morgan fingerprint density at radius 3 is 2.27 bits per heavy atom. The Kier molecular flexibility index (Phi) is 6.16. The van der Waals surface area contributed by atoms with Crippen LogP contribution >= 0.6 is 0 Å². The number of benzene rings is 2. The van der Waals surface area contributed by atoms with Crippen molar-refractivity contribution in [2.75, 3.05) is 18.4 Å². The minimum absolute atomic E-state index is 0.193. The lowest BCUT2D eigenvalue weighted by atomic mass is 9.85. The molecule has 1 amide bonds. The molecule has 1 aliphatic heterocycles. The maximum atomic E-state index is 12.8. The molecule has 2 N–H and O–H groups in total. The number of amides is 1. The van der Waals surface area contributed by atoms with E-state index < -0.39 is 10.0 Å². The summed E-state index contributed by atoms with van der Waals surface area (Å²) < 4.78 is 27.1. The summed E-state index contributed by atoms with van der Waals surface area (Å²) >= 11 is 0. The monoisotopic (exact) mass is 467 g/mol. The number of rotatable bonds is 4. The fourth-order valence-corrected chi connectivity index (χ4v) is 5.71. The van der Waals surface area contributed by atoms with E-state index in [1.54, 1.807) is 18.2 Å². The zero-order valence-corrected chi connectivity index (χ0v) is 20.0. The molecule has 7 nitrogen and oxygen atoms in total. The lowest BCUT2D eigenvalue weighted by molar-refractivity contribution is 0.102. The highest BCUT2D eigenvalue weighted by Gasteiger charge is 2.26. The van der Waals surface area contributed by atoms with Crippen molar-refractivity contribution in [3.8, 4) is 0 Å². The number of fused-ring (bicyclic) bond motifs is 1. The van der Waals surface area contributed by atoms with Crippen molar-refractivity contribution >= 4 is 32.5 Å². The van der Waals surface area contributed by atoms with Crippen LogP contribution in [0.5, 0.6) is 0 Å². The van der Waals surface area contributed by atoms with Crippen molar-refractivity contribution in [3.05, 3.63) is 70.0 Å². The molecule has 1 aromatic heterocycles. The SMILES string of the molecule is CC(C)(C)c1cc(=O)[nH]c2cc(NC(=O)c3ccc(S(=O)(=O)N4CCCCC4)cc3)ccc12. The minimum Gasteiger partial charge on any atom is -0.322 e. The van der Waals surface area contributed by atoms with Crippen LogP contribution in [0.15, 0.2) is 58.2 Å². The van der Waals surface area contributed by atoms with Gasteiger partial charge >= 0.3 is 0 Å². The molecule has 1 fully saturated rings. The normalized spacial score (nSPS) is 15.5. The summed E-state index contributed by atoms with van der Waals surface area (Å²) in [4.78, 5) is 27.9. The number of sulfonamides is 1. The number of nitrogens with one attached hydrogen (secondary N) is 2. The van der Waals surface area contributed by atoms with Gasteiger partial charge in [0.2, 0.25) is 15.6 Å². The number of carbonyl (C=O) groups is 1. The van der Waals surface area contributed by atoms with Gasteiger partial charge in [-0.2, -0.15) is 4.31 Å². The zero-order valence-electron chi connectivity index (χ0n) is 19.1. The second-order valence-electron chi connectivity index (χ2n) is 9.50. The Bertz CT molecular complexity index is 1350. The molecular weight excluding hydrogens is 438 g/mol. The molecule has 33 heavy (non-hydrogen) atoms. The fourth-order valence-electron chi connectivity index (χ4n) is 4.19. The fraction of sp³-hybridized carbons (Fsp3) is 0.360. The van der Waals surface area contributed by atoms with Gasteiger partial charge in [-0.1, -0.05) is 33.3 Å². The quantitative estimate of drug-likeness (QED) is 0.599. The molecule has 1 saturated heterocycles. The van der Waals surface area contributed by atoms with Gasteiger partial charge in [-0.15, -0.1) is 0 Å². The van der Waals surface area contributed by atoms with Crippen LogP contribution in [0.2, 0.25) is 0 Å². The van der Waals surface area contributed by atoms with Crippen molar-refractivity contribution in [1.82, 2.24) is 9.29 Å². The number of aromatic nitrogens is 1. The molecule has 3 aromatic rings. The Morgan fingerprint density at radius 2 is 1.64 bits per heavy atom. The van der Waals surface area contributed by atoms with Crippen molar-refractivity contribution in [1.29, 1.82) is 0 Å². The third kappa shape index (κ3) is 4.86. The van der Waals surface area contributed by atoms with E-state index in [0.29, 0.717) is 29.9 Å². The molecule has 174 valence electrons. The Morgan fingerprint density at radius 1 is 0.970 bits per heavy atom. The van der Waals surface area contributed by atoms with Crippen LogP contribution in [-0.4, -0.2) is 36.7 Å². The van der Waals surface area contributed by atoms with Crippen LogP contribution in [-0.2, 0) is 15.4 Å². The van der Waals surface area contributed by atoms with Gasteiger partial charge in [0.25, 0.3) is 5.91 Å². The topological polar surface area (TPSA) is 99.3 Å². The maximum absolute atomic E-state index is 12.8. The molecule has 1 aliphatic rings. The number of pyridine rings is 1. The van der Waals surface area contributed by atoms with Gasteiger partial charge in [0.15, 0.2) is 0 Å². The summed E-state index contributed by atoms with van der Waals surface area (Å²) in [5, 5.41) is 3.75. The van der Waals surface area contributed by atoms with Crippen LogP contribution in [0.4, 0.5) is 5.69 Å². The van der Waals surface area contributed by atoms with Crippen molar-refractivity contribution in [2.24, 2.45) is 0 Å². The summed E-state index contributed by atoms with van der Waals surface area (Å²) in [6.45, 7) is 7.21. The molecule has 0 radical (unpaired) electrons. The number of hydrogen-bond acceptors (Lipinski definition) is 4. The smallest absolute Gasteiger partial charge is 0.255 e. The van der Waals surface area contributed by atoms with E-state index in [2.05, 4.69) is 10.3 Å². The number of anilines is 1. The standard InChI is InChI=1S/C25H29N3O4S/c1-25(2,3)21-16-23(29)27-22-15-18(9-12-20(21)22)26-24(30)17-7-10-19(11-8-17)33(31,32)28-13-5-4-6-14-28/h7-12,15-16H,4-6,13-14H2,1-3H3,(H,26,30)(H,27,29). The average Bonchev–Trinajstić information content (AvgIpc) is 2.78. The second-order valence-corrected chi connectivity index (χ2v) is 11.4. The molecule has 0 aliphatic carbocycles. The van der Waals surface area contributed by atoms with Crippen LogP contribution in [0.1, 0.15) is 56.0 Å². The van der Waals surface area contributed by atoms with E-state index >= 15 is 0 Å². The van der Waals surface area contributed by atoms with Crippen LogP contribution in [0.3, 0.4) is 0 Å². The predicted octanol–water partition coefficient (Wildman–Crippen LogP) is 4.25. The number of H-pyrrole nitrogens is 1. The summed E-state index contributed by atoms with van der Waals surface area (Å²) in [7, 11) is -3.54. The highest BCUT2D eigenvalue weighted by molar-refractivity contribution is 7.89. The van der Waals surface area contributed by atoms with Gasteiger partial charge in [0.05, 0.1) is 10.4 Å². The van der Waals surface area contributed by atoms with Crippen molar-refractivity contribution < 1.29 is 13.2 Å². The Labute approximate surface area is 193 Å². The van der Waals surface area contributed by atoms with Crippen molar-refractivity contribution in [2.45, 2.75) is 50.3 Å². The number of aromatic amines is 1. The Hall–Kier alpha value is -2.97. The third-order valence-electron chi connectivity index (χ3n) is 5.98. The number of carbonyl (C=O) groups excluding carboxylic acids is 1. The van der Waals surface area contributed by atoms with E-state index in [-0.39, 0.29) is 21.8 Å². The largest absolute Gasteiger partial charge is 0.322 e. The van der Waals surface area contributed by atoms with Crippen molar-refractivity contribution in [3.63, 3.8) is 0 Å². The molecule has 2 heterocycles. The molecule has 8 heteroatoms. The van der Waals surface area contributed by atoms with Gasteiger partial charge in [-0.05, 0) is 60.2 Å². The summed E-state index contributed by atoms with van der Waals surface area (Å²) in [5.74, 6) is -0.356. The van der Waals surface area contributed by atoms with Gasteiger partial charge < -0.3 is 10.3 Å². The third-order valence-corrected chi connectivity index (χ3v) is 7.89. The molecule has 0 bridgehead atoms. The van der Waals surface area contributed by atoms with E-state index in [9.17, 15) is 18.0 Å². The van der Waals surface area contributed by atoms with Crippen LogP contribution in [0, 0.1) is 0 Å². The highest BCUT2D eigenvalue weighted by atomic mass is 32.2. The first-order valence-electron chi connectivity index (χ1n) is 11.1. The highest BCUT2D eigenvalue weighted by Crippen LogP contribution is 2.29. The van der Waals surface area contributed by atoms with Gasteiger partial charge in [0, 0.05) is 35.8 Å². The zero-order chi connectivity index (χ0) is 23.8. The summed E-state index contributed by atoms with van der Waals surface area (Å²) in [5.41, 5.74) is 2.08. The molecule has 0 spiro atoms. The molecule has 0 unspecified atom stereocenters. The van der Waals surface area contributed by atoms with Crippen LogP contribution in [0.25, 0.3) is 10.9 Å². The predicted molar refractivity (Wildman–Crippen MR) is 130 cm³/mol. The molecule has 0 saturated carbocycles. The lowest BCUT2D eigenvalue weighted by Crippen LogP contribution is -2.35. The van der Waals surface area contributed by atoms with Gasteiger partial charge in [-0.25, -0.2) is 8.42 Å². The van der Waals surface area contributed by atoms with E-state index in [1.807, 2.05) is 26.8 Å². The first kappa shape index (κ1) is 23.2. The minimum atomic E-state index is -3.54. The van der Waals surface area contributed by atoms with E-state index in [4.69, 9.17) is 0 Å². The number of piperidine rings is 1. The first-order chi connectivity index (χ1) is 15.6. The molecule has 2 aromatic carbocycles. The van der Waals surface area contributed by atoms with E-state index in [1.165, 1.54) is 28.6 Å². The summed E-state index contributed by atoms with van der Waals surface area (Å²) in [6, 6.07) is 13.0. The van der Waals surface area contributed by atoms with Gasteiger partial charge in [-0.3, -0.25) is 9.59 Å². The average molecular weight is 468 g/mol. The maximum Gasteiger partial charge on any atom is 0.255 e. The lowest BCUT2D eigenvalue weighted by Gasteiger charge is -2.25. The summed E-state index contributed by atoms with van der Waals surface area (Å²) in [6.07, 6.45) is 2.79. The van der Waals surface area contributed by atoms with Gasteiger partial charge in [0.1, 0.15) is 0 Å².